The third-order valence-electron chi connectivity index (χ3n) is 4.02. The Morgan fingerprint density at radius 3 is 2.81 bits per heavy atom. The van der Waals surface area contributed by atoms with Gasteiger partial charge in [0.2, 0.25) is 5.91 Å². The molecular formula is C19H21N3O4. The molecule has 0 bridgehead atoms. The van der Waals surface area contributed by atoms with E-state index in [4.69, 9.17) is 9.47 Å². The van der Waals surface area contributed by atoms with E-state index < -0.39 is 12.1 Å². The minimum atomic E-state index is -0.520. The van der Waals surface area contributed by atoms with Gasteiger partial charge in [-0.1, -0.05) is 6.07 Å². The number of benzene rings is 2. The van der Waals surface area contributed by atoms with Crippen molar-refractivity contribution in [3.63, 3.8) is 0 Å². The van der Waals surface area contributed by atoms with E-state index in [1.54, 1.807) is 57.4 Å². The molecule has 0 saturated carbocycles. The number of anilines is 3. The molecule has 136 valence electrons. The number of fused-ring (bicyclic) bond motifs is 1. The highest BCUT2D eigenvalue weighted by Crippen LogP contribution is 2.32. The third kappa shape index (κ3) is 3.88. The zero-order chi connectivity index (χ0) is 18.7. The average molecular weight is 355 g/mol. The molecule has 0 fully saturated rings. The average Bonchev–Trinajstić information content (AvgIpc) is 2.63. The van der Waals surface area contributed by atoms with E-state index in [2.05, 4.69) is 16.0 Å². The predicted octanol–water partition coefficient (Wildman–Crippen LogP) is 2.85. The zero-order valence-electron chi connectivity index (χ0n) is 14.8. The zero-order valence-corrected chi connectivity index (χ0v) is 14.8. The fraction of sp³-hybridized carbons (Fsp3) is 0.263. The summed E-state index contributed by atoms with van der Waals surface area (Å²) in [7, 11) is 1.57. The molecule has 0 aromatic heterocycles. The monoisotopic (exact) mass is 355 g/mol. The highest BCUT2D eigenvalue weighted by molar-refractivity contribution is 5.99. The lowest BCUT2D eigenvalue weighted by Gasteiger charge is -2.24. The van der Waals surface area contributed by atoms with Gasteiger partial charge in [-0.25, -0.2) is 0 Å². The summed E-state index contributed by atoms with van der Waals surface area (Å²) in [6.45, 7) is 3.45. The molecule has 3 rings (SSSR count). The van der Waals surface area contributed by atoms with Crippen LogP contribution in [0.3, 0.4) is 0 Å². The molecule has 26 heavy (non-hydrogen) atoms. The van der Waals surface area contributed by atoms with Crippen molar-refractivity contribution in [3.8, 4) is 11.5 Å². The van der Waals surface area contributed by atoms with E-state index in [1.807, 2.05) is 6.07 Å². The maximum Gasteiger partial charge on any atom is 0.265 e. The third-order valence-corrected chi connectivity index (χ3v) is 4.02. The van der Waals surface area contributed by atoms with Crippen molar-refractivity contribution in [3.05, 3.63) is 42.5 Å². The van der Waals surface area contributed by atoms with Crippen molar-refractivity contribution in [1.82, 2.24) is 0 Å². The number of nitrogens with one attached hydrogen (secondary N) is 3. The Hall–Kier alpha value is -3.22. The topological polar surface area (TPSA) is 88.7 Å². The van der Waals surface area contributed by atoms with Crippen LogP contribution in [0.25, 0.3) is 0 Å². The Labute approximate surface area is 151 Å². The van der Waals surface area contributed by atoms with E-state index >= 15 is 0 Å². The Balaban J connectivity index is 1.65. The number of hydrogen-bond acceptors (Lipinski definition) is 5. The van der Waals surface area contributed by atoms with E-state index in [-0.39, 0.29) is 11.8 Å². The normalized spacial score (nSPS) is 16.6. The fourth-order valence-electron chi connectivity index (χ4n) is 2.57. The molecule has 2 aromatic rings. The molecule has 7 nitrogen and oxygen atoms in total. The molecular weight excluding hydrogens is 334 g/mol. The largest absolute Gasteiger partial charge is 0.497 e. The number of hydrogen-bond donors (Lipinski definition) is 3. The first kappa shape index (κ1) is 17.6. The van der Waals surface area contributed by atoms with Crippen molar-refractivity contribution in [1.29, 1.82) is 0 Å². The van der Waals surface area contributed by atoms with Gasteiger partial charge in [0, 0.05) is 17.4 Å². The van der Waals surface area contributed by atoms with Gasteiger partial charge in [0.1, 0.15) is 17.5 Å². The van der Waals surface area contributed by atoms with Gasteiger partial charge in [-0.15, -0.1) is 0 Å². The Bertz CT molecular complexity index is 837. The molecule has 1 aliphatic rings. The van der Waals surface area contributed by atoms with Gasteiger partial charge in [0.05, 0.1) is 12.8 Å². The SMILES string of the molecule is COc1cccc(NC(=O)[C@H](C)Nc2ccc3c(c2)NC(=O)[C@H](C)O3)c1. The molecule has 3 N–H and O–H groups in total. The quantitative estimate of drug-likeness (QED) is 0.767. The first-order chi connectivity index (χ1) is 12.5. The molecule has 2 aromatic carbocycles. The standard InChI is InChI=1S/C19H21N3O4/c1-11(18(23)21-13-5-4-6-15(9-13)25-3)20-14-7-8-17-16(10-14)22-19(24)12(2)26-17/h4-12,20H,1-3H3,(H,21,23)(H,22,24)/t11-,12-/m0/s1. The minimum Gasteiger partial charge on any atom is -0.497 e. The highest BCUT2D eigenvalue weighted by atomic mass is 16.5. The number of carbonyl (C=O) groups is 2. The fourth-order valence-corrected chi connectivity index (χ4v) is 2.57. The molecule has 7 heteroatoms. The Kier molecular flexibility index (Phi) is 4.97. The molecule has 0 aliphatic carbocycles. The van der Waals surface area contributed by atoms with Crippen LogP contribution in [0.1, 0.15) is 13.8 Å². The van der Waals surface area contributed by atoms with Crippen LogP contribution in [0.5, 0.6) is 11.5 Å². The number of methoxy groups -OCH3 is 1. The van der Waals surface area contributed by atoms with E-state index in [0.717, 1.165) is 0 Å². The molecule has 0 saturated heterocycles. The lowest BCUT2D eigenvalue weighted by molar-refractivity contribution is -0.122. The predicted molar refractivity (Wildman–Crippen MR) is 99.9 cm³/mol. The number of amides is 2. The van der Waals surface area contributed by atoms with Crippen LogP contribution >= 0.6 is 0 Å². The smallest absolute Gasteiger partial charge is 0.265 e. The second-order valence-electron chi connectivity index (χ2n) is 6.05. The summed E-state index contributed by atoms with van der Waals surface area (Å²) in [5.41, 5.74) is 1.94. The second-order valence-corrected chi connectivity index (χ2v) is 6.05. The summed E-state index contributed by atoms with van der Waals surface area (Å²) in [6.07, 6.45) is -0.520. The minimum absolute atomic E-state index is 0.190. The molecule has 0 spiro atoms. The van der Waals surface area contributed by atoms with Gasteiger partial charge < -0.3 is 25.4 Å². The number of carbonyl (C=O) groups excluding carboxylic acids is 2. The summed E-state index contributed by atoms with van der Waals surface area (Å²) in [6, 6.07) is 12.0. The van der Waals surface area contributed by atoms with Crippen molar-refractivity contribution in [2.24, 2.45) is 0 Å². The molecule has 1 heterocycles. The maximum absolute atomic E-state index is 12.4. The molecule has 1 aliphatic heterocycles. The van der Waals surface area contributed by atoms with Crippen LogP contribution in [0.2, 0.25) is 0 Å². The summed E-state index contributed by atoms with van der Waals surface area (Å²) in [5, 5.41) is 8.74. The van der Waals surface area contributed by atoms with Gasteiger partial charge >= 0.3 is 0 Å². The van der Waals surface area contributed by atoms with Gasteiger partial charge in [0.15, 0.2) is 6.10 Å². The van der Waals surface area contributed by atoms with Crippen LogP contribution in [0.15, 0.2) is 42.5 Å². The van der Waals surface area contributed by atoms with Gasteiger partial charge in [0.25, 0.3) is 5.91 Å². The summed E-state index contributed by atoms with van der Waals surface area (Å²) in [4.78, 5) is 24.1. The molecule has 0 radical (unpaired) electrons. The number of rotatable bonds is 5. The second kappa shape index (κ2) is 7.35. The van der Waals surface area contributed by atoms with Crippen molar-refractivity contribution >= 4 is 28.9 Å². The first-order valence-corrected chi connectivity index (χ1v) is 8.29. The van der Waals surface area contributed by atoms with Gasteiger partial charge in [-0.2, -0.15) is 0 Å². The van der Waals surface area contributed by atoms with E-state index in [1.165, 1.54) is 0 Å². The molecule has 2 atom stereocenters. The Morgan fingerprint density at radius 1 is 1.23 bits per heavy atom. The first-order valence-electron chi connectivity index (χ1n) is 8.29. The lowest BCUT2D eigenvalue weighted by atomic mass is 10.2. The van der Waals surface area contributed by atoms with Crippen LogP contribution in [0, 0.1) is 0 Å². The van der Waals surface area contributed by atoms with Crippen LogP contribution in [-0.4, -0.2) is 31.1 Å². The van der Waals surface area contributed by atoms with Crippen LogP contribution in [0.4, 0.5) is 17.1 Å². The van der Waals surface area contributed by atoms with Gasteiger partial charge in [-0.3, -0.25) is 9.59 Å². The highest BCUT2D eigenvalue weighted by Gasteiger charge is 2.24. The number of ether oxygens (including phenoxy) is 2. The van der Waals surface area contributed by atoms with Crippen molar-refractivity contribution < 1.29 is 19.1 Å². The summed E-state index contributed by atoms with van der Waals surface area (Å²) >= 11 is 0. The molecule has 0 unspecified atom stereocenters. The van der Waals surface area contributed by atoms with Crippen molar-refractivity contribution in [2.45, 2.75) is 26.0 Å². The maximum atomic E-state index is 12.4. The van der Waals surface area contributed by atoms with E-state index in [0.29, 0.717) is 28.6 Å². The summed E-state index contributed by atoms with van der Waals surface area (Å²) < 4.78 is 10.7. The Morgan fingerprint density at radius 2 is 2.04 bits per heavy atom. The summed E-state index contributed by atoms with van der Waals surface area (Å²) in [5.74, 6) is 0.891. The van der Waals surface area contributed by atoms with E-state index in [9.17, 15) is 9.59 Å². The van der Waals surface area contributed by atoms with Gasteiger partial charge in [-0.05, 0) is 44.2 Å². The van der Waals surface area contributed by atoms with Crippen molar-refractivity contribution in [2.75, 3.05) is 23.1 Å². The van der Waals surface area contributed by atoms with Crippen LogP contribution < -0.4 is 25.4 Å². The lowest BCUT2D eigenvalue weighted by Crippen LogP contribution is -2.34. The molecule has 2 amide bonds. The van der Waals surface area contributed by atoms with Crippen LogP contribution in [-0.2, 0) is 9.59 Å².